The Morgan fingerprint density at radius 1 is 0.679 bits per heavy atom. The number of hydrogen-bond acceptors (Lipinski definition) is 2. The molecule has 28 heavy (non-hydrogen) atoms. The molecule has 1 aliphatic rings. The van der Waals surface area contributed by atoms with Gasteiger partial charge in [0.1, 0.15) is 0 Å². The zero-order valence-corrected chi connectivity index (χ0v) is 21.2. The summed E-state index contributed by atoms with van der Waals surface area (Å²) in [5.41, 5.74) is 1.07. The van der Waals surface area contributed by atoms with Gasteiger partial charge in [0.2, 0.25) is 0 Å². The molecular formula is C25H45N2P. The van der Waals surface area contributed by atoms with Crippen LogP contribution in [0.5, 0.6) is 0 Å². The standard InChI is InChI=1S/C25H45N2P/c1-22(2,3)16-24(7,8)26-18-27(25(9,10)17-23(4,5)6)20-28(19-26)21-14-12-11-13-15-21/h11-15H,16-20H2,1-10H3. The van der Waals surface area contributed by atoms with Crippen molar-refractivity contribution in [1.29, 1.82) is 0 Å². The molecule has 0 spiro atoms. The van der Waals surface area contributed by atoms with Gasteiger partial charge in [-0.2, -0.15) is 0 Å². The molecule has 1 fully saturated rings. The second kappa shape index (κ2) is 8.37. The van der Waals surface area contributed by atoms with E-state index in [1.807, 2.05) is 0 Å². The predicted octanol–water partition coefficient (Wildman–Crippen LogP) is 6.71. The molecule has 1 aromatic rings. The van der Waals surface area contributed by atoms with E-state index in [4.69, 9.17) is 0 Å². The highest BCUT2D eigenvalue weighted by atomic mass is 31.1. The van der Waals surface area contributed by atoms with Crippen LogP contribution in [0.25, 0.3) is 0 Å². The van der Waals surface area contributed by atoms with Gasteiger partial charge in [-0.1, -0.05) is 71.9 Å². The van der Waals surface area contributed by atoms with E-state index in [0.29, 0.717) is 10.8 Å². The molecule has 0 atom stereocenters. The minimum atomic E-state index is -0.205. The van der Waals surface area contributed by atoms with Crippen molar-refractivity contribution >= 4 is 13.2 Å². The predicted molar refractivity (Wildman–Crippen MR) is 128 cm³/mol. The van der Waals surface area contributed by atoms with Crippen LogP contribution in [0.3, 0.4) is 0 Å². The van der Waals surface area contributed by atoms with Crippen LogP contribution >= 0.6 is 7.92 Å². The number of nitrogens with zero attached hydrogens (tertiary/aromatic N) is 2. The number of rotatable bonds is 5. The average Bonchev–Trinajstić information content (AvgIpc) is 2.51. The van der Waals surface area contributed by atoms with Gasteiger partial charge in [-0.25, -0.2) is 0 Å². The summed E-state index contributed by atoms with van der Waals surface area (Å²) < 4.78 is 0. The highest BCUT2D eigenvalue weighted by Gasteiger charge is 2.41. The van der Waals surface area contributed by atoms with Crippen LogP contribution < -0.4 is 5.30 Å². The Kier molecular flexibility index (Phi) is 7.12. The zero-order valence-electron chi connectivity index (χ0n) is 20.3. The summed E-state index contributed by atoms with van der Waals surface area (Å²) in [6.45, 7) is 25.2. The summed E-state index contributed by atoms with van der Waals surface area (Å²) in [5.74, 6) is 0. The van der Waals surface area contributed by atoms with Crippen LogP contribution in [-0.2, 0) is 0 Å². The van der Waals surface area contributed by atoms with Gasteiger partial charge in [-0.3, -0.25) is 9.80 Å². The molecule has 0 amide bonds. The number of benzene rings is 1. The van der Waals surface area contributed by atoms with E-state index in [1.54, 1.807) is 5.30 Å². The molecule has 0 bridgehead atoms. The van der Waals surface area contributed by atoms with Crippen LogP contribution in [0.4, 0.5) is 0 Å². The zero-order chi connectivity index (χ0) is 21.4. The summed E-state index contributed by atoms with van der Waals surface area (Å²) >= 11 is 0. The molecule has 0 saturated carbocycles. The van der Waals surface area contributed by atoms with E-state index in [2.05, 4.69) is 109 Å². The Bertz CT molecular complexity index is 586. The number of hydrogen-bond donors (Lipinski definition) is 0. The fourth-order valence-corrected chi connectivity index (χ4v) is 7.92. The van der Waals surface area contributed by atoms with Gasteiger partial charge in [0.15, 0.2) is 0 Å². The van der Waals surface area contributed by atoms with Crippen molar-refractivity contribution < 1.29 is 0 Å². The van der Waals surface area contributed by atoms with E-state index in [1.165, 1.54) is 25.4 Å². The van der Waals surface area contributed by atoms with Gasteiger partial charge in [0, 0.05) is 23.6 Å². The van der Waals surface area contributed by atoms with Gasteiger partial charge >= 0.3 is 0 Å². The minimum absolute atomic E-state index is 0.199. The lowest BCUT2D eigenvalue weighted by molar-refractivity contribution is -0.0146. The van der Waals surface area contributed by atoms with Crippen LogP contribution in [0.1, 0.15) is 82.1 Å². The minimum Gasteiger partial charge on any atom is -0.281 e. The highest BCUT2D eigenvalue weighted by Crippen LogP contribution is 2.46. The molecule has 0 aromatic heterocycles. The molecule has 2 rings (SSSR count). The van der Waals surface area contributed by atoms with Gasteiger partial charge in [-0.05, 0) is 64.6 Å². The topological polar surface area (TPSA) is 6.48 Å². The monoisotopic (exact) mass is 404 g/mol. The van der Waals surface area contributed by atoms with Gasteiger partial charge in [0.25, 0.3) is 0 Å². The second-order valence-electron chi connectivity index (χ2n) is 12.5. The summed E-state index contributed by atoms with van der Waals surface area (Å²) in [6.07, 6.45) is 4.85. The van der Waals surface area contributed by atoms with E-state index in [9.17, 15) is 0 Å². The fraction of sp³-hybridized carbons (Fsp3) is 0.760. The Morgan fingerprint density at radius 3 is 1.43 bits per heavy atom. The normalized spacial score (nSPS) is 19.2. The first-order valence-electron chi connectivity index (χ1n) is 10.9. The summed E-state index contributed by atoms with van der Waals surface area (Å²) in [5, 5.41) is 1.55. The first-order valence-corrected chi connectivity index (χ1v) is 12.6. The second-order valence-corrected chi connectivity index (χ2v) is 14.6. The van der Waals surface area contributed by atoms with Crippen molar-refractivity contribution in [2.45, 2.75) is 93.2 Å². The maximum atomic E-state index is 2.78. The van der Waals surface area contributed by atoms with Crippen molar-refractivity contribution in [3.05, 3.63) is 30.3 Å². The Hall–Kier alpha value is -0.430. The molecular weight excluding hydrogens is 359 g/mol. The third-order valence-electron chi connectivity index (χ3n) is 5.78. The van der Waals surface area contributed by atoms with Crippen LogP contribution in [0.2, 0.25) is 0 Å². The maximum Gasteiger partial charge on any atom is 0.0523 e. The molecule has 2 nitrogen and oxygen atoms in total. The van der Waals surface area contributed by atoms with Gasteiger partial charge in [0.05, 0.1) is 6.67 Å². The largest absolute Gasteiger partial charge is 0.281 e. The first-order chi connectivity index (χ1) is 12.6. The lowest BCUT2D eigenvalue weighted by atomic mass is 9.80. The lowest BCUT2D eigenvalue weighted by Gasteiger charge is -2.54. The van der Waals surface area contributed by atoms with Crippen LogP contribution in [0.15, 0.2) is 30.3 Å². The Morgan fingerprint density at radius 2 is 1.07 bits per heavy atom. The third kappa shape index (κ3) is 6.82. The van der Waals surface area contributed by atoms with E-state index < -0.39 is 0 Å². The fourth-order valence-electron chi connectivity index (χ4n) is 5.14. The maximum absolute atomic E-state index is 2.78. The Labute approximate surface area is 176 Å². The van der Waals surface area contributed by atoms with Crippen molar-refractivity contribution in [2.75, 3.05) is 19.2 Å². The van der Waals surface area contributed by atoms with Crippen LogP contribution in [0, 0.1) is 10.8 Å². The molecule has 0 radical (unpaired) electrons. The summed E-state index contributed by atoms with van der Waals surface area (Å²) in [4.78, 5) is 5.57. The smallest absolute Gasteiger partial charge is 0.0523 e. The molecule has 1 heterocycles. The summed E-state index contributed by atoms with van der Waals surface area (Å²) in [6, 6.07) is 11.3. The van der Waals surface area contributed by atoms with E-state index >= 15 is 0 Å². The van der Waals surface area contributed by atoms with Gasteiger partial charge < -0.3 is 0 Å². The Balaban J connectivity index is 2.33. The quantitative estimate of drug-likeness (QED) is 0.503. The third-order valence-corrected chi connectivity index (χ3v) is 8.18. The van der Waals surface area contributed by atoms with Gasteiger partial charge in [-0.15, -0.1) is 0 Å². The average molecular weight is 405 g/mol. The van der Waals surface area contributed by atoms with Crippen molar-refractivity contribution in [1.82, 2.24) is 9.80 Å². The highest BCUT2D eigenvalue weighted by molar-refractivity contribution is 7.65. The van der Waals surface area contributed by atoms with Crippen molar-refractivity contribution in [3.8, 4) is 0 Å². The molecule has 0 aliphatic carbocycles. The summed E-state index contributed by atoms with van der Waals surface area (Å²) in [7, 11) is -0.205. The molecule has 160 valence electrons. The van der Waals surface area contributed by atoms with Crippen molar-refractivity contribution in [2.24, 2.45) is 10.8 Å². The molecule has 0 N–H and O–H groups in total. The van der Waals surface area contributed by atoms with Crippen molar-refractivity contribution in [3.63, 3.8) is 0 Å². The van der Waals surface area contributed by atoms with Crippen LogP contribution in [-0.4, -0.2) is 40.1 Å². The first kappa shape index (κ1) is 23.8. The lowest BCUT2D eigenvalue weighted by Crippen LogP contribution is -2.60. The van der Waals surface area contributed by atoms with E-state index in [0.717, 1.165) is 6.67 Å². The molecule has 1 aliphatic heterocycles. The molecule has 3 heteroatoms. The molecule has 0 unspecified atom stereocenters. The molecule has 1 aromatic carbocycles. The molecule has 1 saturated heterocycles. The SMILES string of the molecule is CC(C)(C)CC(C)(C)N1CN(C(C)(C)CC(C)(C)C)CP(c2ccccc2)C1. The van der Waals surface area contributed by atoms with E-state index in [-0.39, 0.29) is 19.0 Å².